The summed E-state index contributed by atoms with van der Waals surface area (Å²) in [6.45, 7) is 7.64. The second-order valence-electron chi connectivity index (χ2n) is 7.57. The topological polar surface area (TPSA) is 89.1 Å². The Bertz CT molecular complexity index is 1010. The predicted octanol–water partition coefficient (Wildman–Crippen LogP) is 3.98. The van der Waals surface area contributed by atoms with Crippen LogP contribution in [0, 0.1) is 13.8 Å². The third-order valence-electron chi connectivity index (χ3n) is 5.08. The maximum atomic E-state index is 12.6. The van der Waals surface area contributed by atoms with E-state index in [-0.39, 0.29) is 11.2 Å². The molecule has 8 nitrogen and oxygen atoms in total. The lowest BCUT2D eigenvalue weighted by Gasteiger charge is -2.28. The van der Waals surface area contributed by atoms with Gasteiger partial charge in [-0.05, 0) is 52.2 Å². The number of aromatic nitrogens is 4. The Kier molecular flexibility index (Phi) is 6.08. The van der Waals surface area contributed by atoms with Crippen LogP contribution in [-0.2, 0) is 4.79 Å². The summed E-state index contributed by atoms with van der Waals surface area (Å²) in [5.74, 6) is 1.74. The first-order chi connectivity index (χ1) is 14.5. The van der Waals surface area contributed by atoms with E-state index < -0.39 is 0 Å². The van der Waals surface area contributed by atoms with Crippen LogP contribution in [0.2, 0.25) is 0 Å². The summed E-state index contributed by atoms with van der Waals surface area (Å²) in [6, 6.07) is 9.98. The summed E-state index contributed by atoms with van der Waals surface area (Å²) < 4.78 is 7.07. The normalized spacial score (nSPS) is 15.2. The van der Waals surface area contributed by atoms with E-state index in [9.17, 15) is 4.79 Å². The van der Waals surface area contributed by atoms with Crippen LogP contribution in [0.4, 0.5) is 11.8 Å². The second kappa shape index (κ2) is 8.91. The molecule has 1 unspecified atom stereocenters. The van der Waals surface area contributed by atoms with E-state index in [1.807, 2.05) is 6.92 Å². The highest BCUT2D eigenvalue weighted by atomic mass is 32.2. The van der Waals surface area contributed by atoms with Gasteiger partial charge in [0.1, 0.15) is 5.76 Å². The zero-order valence-electron chi connectivity index (χ0n) is 17.5. The fourth-order valence-electron chi connectivity index (χ4n) is 3.42. The molecule has 0 spiro atoms. The van der Waals surface area contributed by atoms with Gasteiger partial charge in [-0.3, -0.25) is 9.36 Å². The molecule has 9 heteroatoms. The fraction of sp³-hybridized carbons (Fsp3) is 0.429. The molecule has 3 aromatic rings. The molecule has 1 atom stereocenters. The number of piperidine rings is 1. The first-order valence-electron chi connectivity index (χ1n) is 10.2. The Hall–Kier alpha value is -2.81. The van der Waals surface area contributed by atoms with E-state index in [1.165, 1.54) is 23.7 Å². The van der Waals surface area contributed by atoms with Crippen molar-refractivity contribution in [2.45, 2.75) is 50.4 Å². The Balaban J connectivity index is 1.59. The molecule has 1 N–H and O–H groups in total. The van der Waals surface area contributed by atoms with Gasteiger partial charge in [-0.1, -0.05) is 34.6 Å². The molecule has 1 aromatic carbocycles. The van der Waals surface area contributed by atoms with Crippen LogP contribution in [0.3, 0.4) is 0 Å². The van der Waals surface area contributed by atoms with Gasteiger partial charge < -0.3 is 14.7 Å². The molecule has 4 rings (SSSR count). The largest absolute Gasteiger partial charge is 0.360 e. The highest BCUT2D eigenvalue weighted by Crippen LogP contribution is 2.31. The number of amides is 1. The van der Waals surface area contributed by atoms with Crippen LogP contribution in [-0.4, -0.2) is 44.2 Å². The molecule has 1 aliphatic rings. The number of benzene rings is 1. The van der Waals surface area contributed by atoms with Gasteiger partial charge in [-0.2, -0.15) is 0 Å². The average molecular weight is 427 g/mol. The van der Waals surface area contributed by atoms with Crippen molar-refractivity contribution in [3.05, 3.63) is 41.7 Å². The number of hydrogen-bond donors (Lipinski definition) is 1. The molecule has 1 aliphatic heterocycles. The summed E-state index contributed by atoms with van der Waals surface area (Å²) in [5, 5.41) is 15.9. The monoisotopic (exact) mass is 426 g/mol. The highest BCUT2D eigenvalue weighted by Gasteiger charge is 2.25. The van der Waals surface area contributed by atoms with E-state index in [0.29, 0.717) is 16.7 Å². The van der Waals surface area contributed by atoms with Gasteiger partial charge in [0, 0.05) is 19.2 Å². The number of nitrogens with zero attached hydrogens (tertiary/aromatic N) is 5. The van der Waals surface area contributed by atoms with Crippen molar-refractivity contribution >= 4 is 29.4 Å². The number of hydrogen-bond acceptors (Lipinski definition) is 7. The van der Waals surface area contributed by atoms with E-state index >= 15 is 0 Å². The van der Waals surface area contributed by atoms with Crippen molar-refractivity contribution < 1.29 is 9.32 Å². The maximum Gasteiger partial charge on any atom is 0.238 e. The van der Waals surface area contributed by atoms with Gasteiger partial charge in [-0.25, -0.2) is 0 Å². The molecular weight excluding hydrogens is 400 g/mol. The van der Waals surface area contributed by atoms with E-state index in [4.69, 9.17) is 4.52 Å². The summed E-state index contributed by atoms with van der Waals surface area (Å²) in [5.41, 5.74) is 2.18. The quantitative estimate of drug-likeness (QED) is 0.596. The van der Waals surface area contributed by atoms with Crippen molar-refractivity contribution in [3.8, 4) is 5.69 Å². The smallest absolute Gasteiger partial charge is 0.238 e. The number of thioether (sulfide) groups is 1. The third-order valence-corrected chi connectivity index (χ3v) is 6.12. The Morgan fingerprint density at radius 3 is 2.53 bits per heavy atom. The molecule has 2 aromatic heterocycles. The molecule has 0 radical (unpaired) electrons. The van der Waals surface area contributed by atoms with Crippen molar-refractivity contribution in [1.29, 1.82) is 0 Å². The Labute approximate surface area is 180 Å². The first kappa shape index (κ1) is 20.5. The number of carbonyl (C=O) groups excluding carboxylic acids is 1. The summed E-state index contributed by atoms with van der Waals surface area (Å²) >= 11 is 1.38. The highest BCUT2D eigenvalue weighted by molar-refractivity contribution is 8.00. The lowest BCUT2D eigenvalue weighted by atomic mass is 10.1. The van der Waals surface area contributed by atoms with Gasteiger partial charge in [-0.15, -0.1) is 10.2 Å². The van der Waals surface area contributed by atoms with Crippen molar-refractivity contribution in [2.24, 2.45) is 0 Å². The molecule has 0 saturated carbocycles. The summed E-state index contributed by atoms with van der Waals surface area (Å²) in [4.78, 5) is 14.9. The number of carbonyl (C=O) groups is 1. The number of nitrogens with one attached hydrogen (secondary N) is 1. The van der Waals surface area contributed by atoms with E-state index in [0.717, 1.165) is 37.6 Å². The van der Waals surface area contributed by atoms with E-state index in [2.05, 4.69) is 61.3 Å². The molecule has 3 heterocycles. The zero-order chi connectivity index (χ0) is 21.1. The van der Waals surface area contributed by atoms with Gasteiger partial charge >= 0.3 is 0 Å². The number of anilines is 2. The van der Waals surface area contributed by atoms with Crippen molar-refractivity contribution in [3.63, 3.8) is 0 Å². The standard InChI is InChI=1S/C21H26N6O2S/c1-14-7-9-17(10-8-14)27-20(26-11-5-4-6-12-26)23-24-21(27)30-16(3)19(28)22-18-13-15(2)29-25-18/h7-10,13,16H,4-6,11-12H2,1-3H3,(H,22,25,28). The molecule has 0 bridgehead atoms. The van der Waals surface area contributed by atoms with Crippen molar-refractivity contribution in [2.75, 3.05) is 23.3 Å². The van der Waals surface area contributed by atoms with Crippen LogP contribution in [0.25, 0.3) is 5.69 Å². The average Bonchev–Trinajstić information content (AvgIpc) is 3.35. The predicted molar refractivity (Wildman–Crippen MR) is 117 cm³/mol. The minimum Gasteiger partial charge on any atom is -0.360 e. The van der Waals surface area contributed by atoms with Crippen LogP contribution in [0.1, 0.15) is 37.5 Å². The lowest BCUT2D eigenvalue weighted by molar-refractivity contribution is -0.115. The molecule has 158 valence electrons. The van der Waals surface area contributed by atoms with Gasteiger partial charge in [0.2, 0.25) is 11.9 Å². The molecule has 30 heavy (non-hydrogen) atoms. The molecule has 1 amide bonds. The summed E-state index contributed by atoms with van der Waals surface area (Å²) in [7, 11) is 0. The summed E-state index contributed by atoms with van der Waals surface area (Å²) in [6.07, 6.45) is 3.55. The third kappa shape index (κ3) is 4.51. The minimum absolute atomic E-state index is 0.161. The number of rotatable bonds is 6. The van der Waals surface area contributed by atoms with E-state index in [1.54, 1.807) is 13.0 Å². The Morgan fingerprint density at radius 2 is 1.87 bits per heavy atom. The van der Waals surface area contributed by atoms with Crippen LogP contribution < -0.4 is 10.2 Å². The van der Waals surface area contributed by atoms with Gasteiger partial charge in [0.25, 0.3) is 0 Å². The van der Waals surface area contributed by atoms with Gasteiger partial charge in [0.05, 0.1) is 10.9 Å². The first-order valence-corrected chi connectivity index (χ1v) is 11.1. The van der Waals surface area contributed by atoms with Crippen LogP contribution >= 0.6 is 11.8 Å². The minimum atomic E-state index is -0.385. The fourth-order valence-corrected chi connectivity index (χ4v) is 4.28. The lowest BCUT2D eigenvalue weighted by Crippen LogP contribution is -2.31. The zero-order valence-corrected chi connectivity index (χ0v) is 18.3. The Morgan fingerprint density at radius 1 is 1.13 bits per heavy atom. The van der Waals surface area contributed by atoms with Crippen LogP contribution in [0.5, 0.6) is 0 Å². The maximum absolute atomic E-state index is 12.6. The number of aryl methyl sites for hydroxylation is 2. The van der Waals surface area contributed by atoms with Gasteiger partial charge in [0.15, 0.2) is 11.0 Å². The molecule has 0 aliphatic carbocycles. The van der Waals surface area contributed by atoms with Crippen LogP contribution in [0.15, 0.2) is 40.0 Å². The van der Waals surface area contributed by atoms with Crippen molar-refractivity contribution in [1.82, 2.24) is 19.9 Å². The molecule has 1 saturated heterocycles. The SMILES string of the molecule is Cc1ccc(-n2c(SC(C)C(=O)Nc3cc(C)on3)nnc2N2CCCCC2)cc1. The second-order valence-corrected chi connectivity index (χ2v) is 8.88. The molecule has 1 fully saturated rings. The molecular formula is C21H26N6O2S.